The van der Waals surface area contributed by atoms with Crippen LogP contribution in [0.25, 0.3) is 0 Å². The average Bonchev–Trinajstić information content (AvgIpc) is 3.02. The minimum atomic E-state index is -0.721. The van der Waals surface area contributed by atoms with Gasteiger partial charge in [-0.05, 0) is 37.1 Å². The lowest BCUT2D eigenvalue weighted by Gasteiger charge is -2.30. The number of nitrogens with zero attached hydrogens (tertiary/aromatic N) is 3. The number of halogens is 4. The lowest BCUT2D eigenvalue weighted by Crippen LogP contribution is -2.50. The SMILES string of the molecule is O=C(c1ccccc1Cl)N(Cc1ccc(Cl)cc1[N+](=O)[O-])N1C(=O)[C@H]2C[C@H](Br)[C@@H](Br)C[C@H]2C1=O. The van der Waals surface area contributed by atoms with Crippen molar-refractivity contribution >= 4 is 78.5 Å². The summed E-state index contributed by atoms with van der Waals surface area (Å²) in [5.41, 5.74) is -0.156. The van der Waals surface area contributed by atoms with E-state index < -0.39 is 41.0 Å². The second kappa shape index (κ2) is 9.93. The van der Waals surface area contributed by atoms with E-state index in [4.69, 9.17) is 23.2 Å². The van der Waals surface area contributed by atoms with Crippen molar-refractivity contribution in [1.82, 2.24) is 10.0 Å². The number of amides is 3. The smallest absolute Gasteiger partial charge is 0.272 e. The van der Waals surface area contributed by atoms with Gasteiger partial charge < -0.3 is 0 Å². The molecule has 3 amide bonds. The molecule has 1 saturated carbocycles. The molecule has 178 valence electrons. The number of nitro groups is 1. The first kappa shape index (κ1) is 25.1. The van der Waals surface area contributed by atoms with Crippen LogP contribution in [-0.2, 0) is 16.1 Å². The Morgan fingerprint density at radius 1 is 1.06 bits per heavy atom. The molecule has 4 atom stereocenters. The normalized spacial score (nSPS) is 24.2. The van der Waals surface area contributed by atoms with Crippen LogP contribution in [0.5, 0.6) is 0 Å². The number of imide groups is 1. The van der Waals surface area contributed by atoms with E-state index in [1.165, 1.54) is 24.3 Å². The summed E-state index contributed by atoms with van der Waals surface area (Å²) in [6.07, 6.45) is 0.827. The molecule has 12 heteroatoms. The van der Waals surface area contributed by atoms with Gasteiger partial charge in [-0.15, -0.1) is 0 Å². The Balaban J connectivity index is 1.79. The number of carbonyl (C=O) groups excluding carboxylic acids is 3. The zero-order chi connectivity index (χ0) is 24.7. The molecule has 2 aliphatic rings. The Kier molecular flexibility index (Phi) is 7.33. The number of hydrazine groups is 1. The van der Waals surface area contributed by atoms with Crippen molar-refractivity contribution in [1.29, 1.82) is 0 Å². The van der Waals surface area contributed by atoms with Crippen molar-refractivity contribution in [2.24, 2.45) is 11.8 Å². The lowest BCUT2D eigenvalue weighted by molar-refractivity contribution is -0.385. The lowest BCUT2D eigenvalue weighted by atomic mass is 9.81. The first-order chi connectivity index (χ1) is 16.1. The van der Waals surface area contributed by atoms with Gasteiger partial charge in [-0.2, -0.15) is 5.01 Å². The van der Waals surface area contributed by atoms with Crippen LogP contribution in [0.3, 0.4) is 0 Å². The number of alkyl halides is 2. The van der Waals surface area contributed by atoms with Gasteiger partial charge in [0.1, 0.15) is 0 Å². The number of carbonyl (C=O) groups is 3. The fourth-order valence-corrected chi connectivity index (χ4v) is 5.94. The molecule has 1 heterocycles. The number of hydrogen-bond donors (Lipinski definition) is 0. The van der Waals surface area contributed by atoms with Crippen LogP contribution in [-0.4, -0.2) is 42.3 Å². The largest absolute Gasteiger partial charge is 0.275 e. The fourth-order valence-electron chi connectivity index (χ4n) is 4.32. The molecule has 0 N–H and O–H groups in total. The highest BCUT2D eigenvalue weighted by molar-refractivity contribution is 9.12. The molecule has 8 nitrogen and oxygen atoms in total. The van der Waals surface area contributed by atoms with Gasteiger partial charge in [0.05, 0.1) is 39.5 Å². The molecule has 4 rings (SSSR count). The fraction of sp³-hybridized carbons (Fsp3) is 0.318. The highest BCUT2D eigenvalue weighted by Gasteiger charge is 2.54. The molecule has 1 saturated heterocycles. The Hall–Kier alpha value is -2.01. The summed E-state index contributed by atoms with van der Waals surface area (Å²) >= 11 is 19.2. The van der Waals surface area contributed by atoms with Crippen LogP contribution in [0.1, 0.15) is 28.8 Å². The van der Waals surface area contributed by atoms with Gasteiger partial charge in [-0.1, -0.05) is 67.2 Å². The Morgan fingerprint density at radius 3 is 2.21 bits per heavy atom. The van der Waals surface area contributed by atoms with E-state index in [1.54, 1.807) is 12.1 Å². The number of hydrogen-bond acceptors (Lipinski definition) is 5. The summed E-state index contributed by atoms with van der Waals surface area (Å²) in [5, 5.41) is 13.7. The second-order valence-corrected chi connectivity index (χ2v) is 11.3. The van der Waals surface area contributed by atoms with E-state index >= 15 is 0 Å². The van der Waals surface area contributed by atoms with Gasteiger partial charge in [-0.3, -0.25) is 24.5 Å². The van der Waals surface area contributed by atoms with Crippen molar-refractivity contribution < 1.29 is 19.3 Å². The van der Waals surface area contributed by atoms with E-state index in [-0.39, 0.29) is 36.5 Å². The van der Waals surface area contributed by atoms with Crippen LogP contribution >= 0.6 is 55.1 Å². The van der Waals surface area contributed by atoms with Crippen molar-refractivity contribution in [3.63, 3.8) is 0 Å². The number of benzene rings is 2. The monoisotopic (exact) mass is 631 g/mol. The van der Waals surface area contributed by atoms with E-state index in [0.717, 1.165) is 16.1 Å². The third kappa shape index (κ3) is 4.60. The molecule has 1 aliphatic heterocycles. The second-order valence-electron chi connectivity index (χ2n) is 8.08. The minimum absolute atomic E-state index is 0.0180. The topological polar surface area (TPSA) is 101 Å². The van der Waals surface area contributed by atoms with E-state index in [9.17, 15) is 24.5 Å². The molecule has 2 fully saturated rings. The summed E-state index contributed by atoms with van der Waals surface area (Å²) in [7, 11) is 0. The Labute approximate surface area is 221 Å². The van der Waals surface area contributed by atoms with Crippen LogP contribution in [0.15, 0.2) is 42.5 Å². The van der Waals surface area contributed by atoms with E-state index in [1.807, 2.05) is 0 Å². The summed E-state index contributed by atoms with van der Waals surface area (Å²) < 4.78 is 0. The molecular weight excluding hydrogens is 617 g/mol. The zero-order valence-corrected chi connectivity index (χ0v) is 22.1. The average molecular weight is 634 g/mol. The molecule has 1 aliphatic carbocycles. The molecule has 0 bridgehead atoms. The summed E-state index contributed by atoms with van der Waals surface area (Å²) in [4.78, 5) is 51.4. The molecule has 0 aromatic heterocycles. The van der Waals surface area contributed by atoms with Crippen molar-refractivity contribution in [2.45, 2.75) is 29.0 Å². The third-order valence-electron chi connectivity index (χ3n) is 6.03. The third-order valence-corrected chi connectivity index (χ3v) is 9.33. The van der Waals surface area contributed by atoms with E-state index in [0.29, 0.717) is 12.8 Å². The van der Waals surface area contributed by atoms with Crippen LogP contribution in [0, 0.1) is 22.0 Å². The zero-order valence-electron chi connectivity index (χ0n) is 17.4. The van der Waals surface area contributed by atoms with Crippen LogP contribution in [0.2, 0.25) is 10.0 Å². The van der Waals surface area contributed by atoms with Gasteiger partial charge in [0.15, 0.2) is 0 Å². The van der Waals surface area contributed by atoms with Gasteiger partial charge >= 0.3 is 0 Å². The molecule has 0 radical (unpaired) electrons. The number of nitro benzene ring substituents is 1. The standard InChI is InChI=1S/C22H17Br2Cl2N3O5/c23-16-8-14-15(9-17(16)24)22(32)28(21(14)31)27(20(30)13-3-1-2-4-18(13)26)10-11-5-6-12(25)7-19(11)29(33)34/h1-7,14-17H,8-10H2/t14-,15+,16-,17-/m0/s1. The van der Waals surface area contributed by atoms with Crippen LogP contribution < -0.4 is 0 Å². The molecule has 0 spiro atoms. The maximum Gasteiger partial charge on any atom is 0.275 e. The number of rotatable bonds is 5. The summed E-state index contributed by atoms with van der Waals surface area (Å²) in [5.74, 6) is -2.97. The van der Waals surface area contributed by atoms with E-state index in [2.05, 4.69) is 31.9 Å². The highest BCUT2D eigenvalue weighted by atomic mass is 79.9. The summed E-state index contributed by atoms with van der Waals surface area (Å²) in [6.45, 7) is -0.399. The first-order valence-electron chi connectivity index (χ1n) is 10.2. The van der Waals surface area contributed by atoms with Gasteiger partial charge in [0.2, 0.25) is 0 Å². The molecular formula is C22H17Br2Cl2N3O5. The molecule has 2 aromatic rings. The number of fused-ring (bicyclic) bond motifs is 1. The quantitative estimate of drug-likeness (QED) is 0.190. The van der Waals surface area contributed by atoms with Gasteiger partial charge in [-0.25, -0.2) is 5.01 Å². The van der Waals surface area contributed by atoms with Gasteiger partial charge in [0.25, 0.3) is 23.4 Å². The van der Waals surface area contributed by atoms with Crippen molar-refractivity contribution in [3.05, 3.63) is 73.8 Å². The molecule has 2 aromatic carbocycles. The summed E-state index contributed by atoms with van der Waals surface area (Å²) in [6, 6.07) is 10.2. The predicted molar refractivity (Wildman–Crippen MR) is 133 cm³/mol. The highest BCUT2D eigenvalue weighted by Crippen LogP contribution is 2.44. The Bertz CT molecular complexity index is 1170. The molecule has 0 unspecified atom stereocenters. The molecule has 34 heavy (non-hydrogen) atoms. The minimum Gasteiger partial charge on any atom is -0.272 e. The maximum atomic E-state index is 13.6. The van der Waals surface area contributed by atoms with Gasteiger partial charge in [0, 0.05) is 20.7 Å². The Morgan fingerprint density at radius 2 is 1.65 bits per heavy atom. The first-order valence-corrected chi connectivity index (χ1v) is 12.8. The maximum absolute atomic E-state index is 13.6. The van der Waals surface area contributed by atoms with Crippen LogP contribution in [0.4, 0.5) is 5.69 Å². The van der Waals surface area contributed by atoms with Crippen molar-refractivity contribution in [2.75, 3.05) is 0 Å². The predicted octanol–water partition coefficient (Wildman–Crippen LogP) is 5.38. The van der Waals surface area contributed by atoms with Crippen molar-refractivity contribution in [3.8, 4) is 0 Å².